The third-order valence-corrected chi connectivity index (χ3v) is 3.96. The van der Waals surface area contributed by atoms with Gasteiger partial charge in [0.15, 0.2) is 0 Å². The fourth-order valence-electron chi connectivity index (χ4n) is 2.86. The van der Waals surface area contributed by atoms with Crippen LogP contribution in [0.4, 0.5) is 0 Å². The number of nitrogens with zero attached hydrogens (tertiary/aromatic N) is 2. The van der Waals surface area contributed by atoms with Gasteiger partial charge in [0.05, 0.1) is 13.2 Å². The van der Waals surface area contributed by atoms with Crippen LogP contribution in [0.1, 0.15) is 25.7 Å². The maximum absolute atomic E-state index is 9.15. The highest BCUT2D eigenvalue weighted by molar-refractivity contribution is 4.68. The van der Waals surface area contributed by atoms with Crippen molar-refractivity contribution in [3.8, 4) is 0 Å². The Kier molecular flexibility index (Phi) is 7.09. The minimum atomic E-state index is 0.0625. The second kappa shape index (κ2) is 8.87. The largest absolute Gasteiger partial charge is 0.396 e. The van der Waals surface area contributed by atoms with Crippen LogP contribution in [0.5, 0.6) is 0 Å². The number of likely N-dealkylation sites (tertiary alicyclic amines) is 1. The van der Waals surface area contributed by atoms with Crippen LogP contribution in [0, 0.1) is 0 Å². The number of hydrogen-bond donors (Lipinski definition) is 1. The van der Waals surface area contributed by atoms with E-state index in [9.17, 15) is 0 Å². The molecule has 112 valence electrons. The van der Waals surface area contributed by atoms with Crippen LogP contribution in [0.2, 0.25) is 0 Å². The second-order valence-electron chi connectivity index (χ2n) is 5.39. The lowest BCUT2D eigenvalue weighted by Gasteiger charge is -2.34. The van der Waals surface area contributed by atoms with Gasteiger partial charge >= 0.3 is 0 Å². The highest BCUT2D eigenvalue weighted by Gasteiger charge is 2.21. The van der Waals surface area contributed by atoms with Crippen molar-refractivity contribution in [1.29, 1.82) is 0 Å². The van der Waals surface area contributed by atoms with Crippen LogP contribution in [0.15, 0.2) is 0 Å². The Labute approximate surface area is 116 Å². The van der Waals surface area contributed by atoms with Crippen LogP contribution < -0.4 is 0 Å². The molecule has 0 saturated carbocycles. The van der Waals surface area contributed by atoms with Crippen molar-refractivity contribution in [3.05, 3.63) is 0 Å². The van der Waals surface area contributed by atoms with Gasteiger partial charge < -0.3 is 19.5 Å². The summed E-state index contributed by atoms with van der Waals surface area (Å²) in [5.41, 5.74) is 0. The minimum Gasteiger partial charge on any atom is -0.396 e. The van der Waals surface area contributed by atoms with Gasteiger partial charge in [-0.2, -0.15) is 0 Å². The van der Waals surface area contributed by atoms with Gasteiger partial charge in [-0.25, -0.2) is 0 Å². The van der Waals surface area contributed by atoms with Crippen molar-refractivity contribution < 1.29 is 14.6 Å². The summed E-state index contributed by atoms with van der Waals surface area (Å²) in [4.78, 5) is 4.80. The summed E-state index contributed by atoms with van der Waals surface area (Å²) in [6.07, 6.45) is 4.55. The van der Waals surface area contributed by atoms with Crippen LogP contribution in [-0.4, -0.2) is 80.3 Å². The summed E-state index contributed by atoms with van der Waals surface area (Å²) in [6.45, 7) is 8.01. The van der Waals surface area contributed by atoms with Crippen LogP contribution in [-0.2, 0) is 9.47 Å². The number of morpholine rings is 1. The molecule has 0 aromatic carbocycles. The topological polar surface area (TPSA) is 45.2 Å². The van der Waals surface area contributed by atoms with Gasteiger partial charge in [0.2, 0.25) is 0 Å². The highest BCUT2D eigenvalue weighted by Crippen LogP contribution is 2.11. The summed E-state index contributed by atoms with van der Waals surface area (Å²) in [7, 11) is 0. The maximum Gasteiger partial charge on any atom is 0.112 e. The Bertz CT molecular complexity index is 229. The Hall–Kier alpha value is -0.200. The molecule has 0 radical (unpaired) electrons. The van der Waals surface area contributed by atoms with Crippen molar-refractivity contribution in [1.82, 2.24) is 9.80 Å². The molecule has 0 bridgehead atoms. The molecule has 2 saturated heterocycles. The lowest BCUT2D eigenvalue weighted by Crippen LogP contribution is -2.45. The predicted octanol–water partition coefficient (Wildman–Crippen LogP) is 0.530. The molecule has 5 heteroatoms. The summed E-state index contributed by atoms with van der Waals surface area (Å²) in [5, 5.41) is 9.15. The van der Waals surface area contributed by atoms with E-state index in [1.807, 2.05) is 0 Å². The quantitative estimate of drug-likeness (QED) is 0.653. The lowest BCUT2D eigenvalue weighted by molar-refractivity contribution is -0.105. The molecule has 2 rings (SSSR count). The molecule has 2 aliphatic heterocycles. The molecule has 1 atom stereocenters. The first kappa shape index (κ1) is 15.2. The molecule has 19 heavy (non-hydrogen) atoms. The van der Waals surface area contributed by atoms with Crippen LogP contribution >= 0.6 is 0 Å². The van der Waals surface area contributed by atoms with Gasteiger partial charge in [-0.15, -0.1) is 0 Å². The SMILES string of the molecule is OCCC(OCCCN1CCCC1)N1CCOCC1. The van der Waals surface area contributed by atoms with E-state index in [1.54, 1.807) is 0 Å². The molecule has 1 N–H and O–H groups in total. The van der Waals surface area contributed by atoms with Crippen LogP contribution in [0.3, 0.4) is 0 Å². The average Bonchev–Trinajstić information content (AvgIpc) is 2.96. The Morgan fingerprint density at radius 3 is 2.53 bits per heavy atom. The van der Waals surface area contributed by atoms with E-state index in [0.29, 0.717) is 6.42 Å². The molecule has 2 aliphatic rings. The summed E-state index contributed by atoms with van der Waals surface area (Å²) in [5.74, 6) is 0. The number of hydrogen-bond acceptors (Lipinski definition) is 5. The standard InChI is InChI=1S/C14H28N2O3/c17-10-4-14(16-8-12-18-13-9-16)19-11-3-7-15-5-1-2-6-15/h14,17H,1-13H2. The van der Waals surface area contributed by atoms with Crippen molar-refractivity contribution in [2.24, 2.45) is 0 Å². The Morgan fingerprint density at radius 1 is 1.11 bits per heavy atom. The first-order chi connectivity index (χ1) is 9.40. The first-order valence-corrected chi connectivity index (χ1v) is 7.67. The fraction of sp³-hybridized carbons (Fsp3) is 1.00. The normalized spacial score (nSPS) is 23.8. The Morgan fingerprint density at radius 2 is 1.84 bits per heavy atom. The molecular weight excluding hydrogens is 244 g/mol. The van der Waals surface area contributed by atoms with E-state index in [0.717, 1.165) is 45.9 Å². The van der Waals surface area contributed by atoms with Crippen LogP contribution in [0.25, 0.3) is 0 Å². The molecule has 5 nitrogen and oxygen atoms in total. The molecule has 0 aromatic heterocycles. The van der Waals surface area contributed by atoms with Crippen molar-refractivity contribution in [2.45, 2.75) is 31.9 Å². The van der Waals surface area contributed by atoms with E-state index >= 15 is 0 Å². The third kappa shape index (κ3) is 5.36. The maximum atomic E-state index is 9.15. The minimum absolute atomic E-state index is 0.0625. The van der Waals surface area contributed by atoms with Crippen molar-refractivity contribution in [3.63, 3.8) is 0 Å². The first-order valence-electron chi connectivity index (χ1n) is 7.67. The number of rotatable bonds is 8. The second-order valence-corrected chi connectivity index (χ2v) is 5.39. The Balaban J connectivity index is 1.61. The molecule has 2 fully saturated rings. The molecule has 0 amide bonds. The molecule has 2 heterocycles. The zero-order valence-corrected chi connectivity index (χ0v) is 11.9. The van der Waals surface area contributed by atoms with E-state index < -0.39 is 0 Å². The number of aliphatic hydroxyl groups excluding tert-OH is 1. The fourth-order valence-corrected chi connectivity index (χ4v) is 2.86. The van der Waals surface area contributed by atoms with Gasteiger partial charge in [-0.3, -0.25) is 4.90 Å². The highest BCUT2D eigenvalue weighted by atomic mass is 16.5. The smallest absolute Gasteiger partial charge is 0.112 e. The van der Waals surface area contributed by atoms with Crippen molar-refractivity contribution >= 4 is 0 Å². The average molecular weight is 272 g/mol. The van der Waals surface area contributed by atoms with Gasteiger partial charge in [0, 0.05) is 39.3 Å². The van der Waals surface area contributed by atoms with E-state index in [2.05, 4.69) is 9.80 Å². The van der Waals surface area contributed by atoms with Gasteiger partial charge in [0.1, 0.15) is 6.23 Å². The molecule has 0 aromatic rings. The predicted molar refractivity (Wildman–Crippen MR) is 74.1 cm³/mol. The number of ether oxygens (including phenoxy) is 2. The van der Waals surface area contributed by atoms with Gasteiger partial charge in [0.25, 0.3) is 0 Å². The van der Waals surface area contributed by atoms with Gasteiger partial charge in [-0.1, -0.05) is 0 Å². The third-order valence-electron chi connectivity index (χ3n) is 3.96. The molecule has 1 unspecified atom stereocenters. The van der Waals surface area contributed by atoms with E-state index in [4.69, 9.17) is 14.6 Å². The number of aliphatic hydroxyl groups is 1. The zero-order chi connectivity index (χ0) is 13.3. The summed E-state index contributed by atoms with van der Waals surface area (Å²) >= 11 is 0. The summed E-state index contributed by atoms with van der Waals surface area (Å²) in [6, 6.07) is 0. The van der Waals surface area contributed by atoms with Gasteiger partial charge in [-0.05, 0) is 32.4 Å². The molecule has 0 aliphatic carbocycles. The lowest BCUT2D eigenvalue weighted by atomic mass is 10.3. The zero-order valence-electron chi connectivity index (χ0n) is 11.9. The molecule has 0 spiro atoms. The summed E-state index contributed by atoms with van der Waals surface area (Å²) < 4.78 is 11.3. The van der Waals surface area contributed by atoms with Crippen molar-refractivity contribution in [2.75, 3.05) is 59.2 Å². The monoisotopic (exact) mass is 272 g/mol. The van der Waals surface area contributed by atoms with E-state index in [1.165, 1.54) is 25.9 Å². The molecular formula is C14H28N2O3. The van der Waals surface area contributed by atoms with E-state index in [-0.39, 0.29) is 12.8 Å².